The average molecular weight is 358 g/mol. The van der Waals surface area contributed by atoms with Gasteiger partial charge in [-0.3, -0.25) is 0 Å². The predicted octanol–water partition coefficient (Wildman–Crippen LogP) is 4.65. The van der Waals surface area contributed by atoms with Gasteiger partial charge in [-0.05, 0) is 55.7 Å². The lowest BCUT2D eigenvalue weighted by atomic mass is 10.1. The van der Waals surface area contributed by atoms with E-state index in [1.807, 2.05) is 13.0 Å². The largest absolute Gasteiger partial charge is 0.241 e. The third-order valence-corrected chi connectivity index (χ3v) is 5.64. The van der Waals surface area contributed by atoms with Crippen LogP contribution in [0.15, 0.2) is 41.3 Å². The minimum atomic E-state index is -3.63. The van der Waals surface area contributed by atoms with Crippen molar-refractivity contribution in [2.24, 2.45) is 0 Å². The highest BCUT2D eigenvalue weighted by Crippen LogP contribution is 2.27. The van der Waals surface area contributed by atoms with E-state index in [2.05, 4.69) is 4.72 Å². The van der Waals surface area contributed by atoms with Gasteiger partial charge in [0, 0.05) is 16.1 Å². The van der Waals surface area contributed by atoms with Crippen LogP contribution in [0.5, 0.6) is 0 Å². The molecule has 0 spiro atoms. The van der Waals surface area contributed by atoms with Crippen LogP contribution < -0.4 is 4.72 Å². The molecule has 0 aliphatic carbocycles. The molecule has 2 aromatic carbocycles. The maximum absolute atomic E-state index is 12.6. The molecule has 0 fully saturated rings. The molecule has 6 heteroatoms. The molecule has 0 aromatic heterocycles. The Morgan fingerprint density at radius 2 is 1.73 bits per heavy atom. The first-order chi connectivity index (χ1) is 10.2. The number of hydrogen-bond donors (Lipinski definition) is 1. The van der Waals surface area contributed by atoms with Crippen LogP contribution in [0.2, 0.25) is 10.0 Å². The van der Waals surface area contributed by atoms with Crippen molar-refractivity contribution in [2.45, 2.75) is 31.7 Å². The summed E-state index contributed by atoms with van der Waals surface area (Å²) in [4.78, 5) is 0.282. The lowest BCUT2D eigenvalue weighted by Gasteiger charge is -2.17. The Labute approximate surface area is 141 Å². The van der Waals surface area contributed by atoms with E-state index in [1.165, 1.54) is 0 Å². The number of benzene rings is 2. The molecule has 2 aromatic rings. The van der Waals surface area contributed by atoms with E-state index < -0.39 is 16.1 Å². The maximum atomic E-state index is 12.6. The molecule has 3 nitrogen and oxygen atoms in total. The fourth-order valence-corrected chi connectivity index (χ4v) is 4.33. The number of nitrogens with one attached hydrogen (secondary N) is 1. The minimum absolute atomic E-state index is 0.282. The maximum Gasteiger partial charge on any atom is 0.241 e. The number of halogens is 2. The van der Waals surface area contributed by atoms with Crippen molar-refractivity contribution in [2.75, 3.05) is 0 Å². The molecule has 1 atom stereocenters. The van der Waals surface area contributed by atoms with Crippen LogP contribution in [0.3, 0.4) is 0 Å². The highest BCUT2D eigenvalue weighted by atomic mass is 35.5. The van der Waals surface area contributed by atoms with Gasteiger partial charge in [0.05, 0.1) is 4.90 Å². The van der Waals surface area contributed by atoms with Gasteiger partial charge >= 0.3 is 0 Å². The van der Waals surface area contributed by atoms with E-state index in [0.717, 1.165) is 5.56 Å². The second kappa shape index (κ2) is 6.59. The van der Waals surface area contributed by atoms with Gasteiger partial charge in [0.2, 0.25) is 10.0 Å². The van der Waals surface area contributed by atoms with Crippen LogP contribution in [0.1, 0.15) is 29.7 Å². The monoisotopic (exact) mass is 357 g/mol. The Bertz CT molecular complexity index is 804. The molecule has 0 bridgehead atoms. The van der Waals surface area contributed by atoms with Gasteiger partial charge in [-0.1, -0.05) is 41.4 Å². The van der Waals surface area contributed by atoms with Crippen LogP contribution >= 0.6 is 23.2 Å². The quantitative estimate of drug-likeness (QED) is 0.865. The van der Waals surface area contributed by atoms with E-state index in [0.29, 0.717) is 21.2 Å². The van der Waals surface area contributed by atoms with E-state index in [1.54, 1.807) is 44.2 Å². The van der Waals surface area contributed by atoms with Gasteiger partial charge in [0.25, 0.3) is 0 Å². The average Bonchev–Trinajstić information content (AvgIpc) is 2.40. The summed E-state index contributed by atoms with van der Waals surface area (Å²) < 4.78 is 27.8. The summed E-state index contributed by atoms with van der Waals surface area (Å²) in [5, 5.41) is 0.946. The van der Waals surface area contributed by atoms with E-state index in [4.69, 9.17) is 23.2 Å². The fourth-order valence-electron chi connectivity index (χ4n) is 2.21. The van der Waals surface area contributed by atoms with Crippen LogP contribution in [0, 0.1) is 13.8 Å². The van der Waals surface area contributed by atoms with Crippen LogP contribution in [0.4, 0.5) is 0 Å². The smallest absolute Gasteiger partial charge is 0.207 e. The second-order valence-electron chi connectivity index (χ2n) is 5.28. The zero-order chi connectivity index (χ0) is 16.5. The Balaban J connectivity index is 2.34. The molecule has 118 valence electrons. The molecule has 0 unspecified atom stereocenters. The fraction of sp³-hybridized carbons (Fsp3) is 0.250. The van der Waals surface area contributed by atoms with Gasteiger partial charge in [0.15, 0.2) is 0 Å². The lowest BCUT2D eigenvalue weighted by Crippen LogP contribution is -2.27. The summed E-state index contributed by atoms with van der Waals surface area (Å²) >= 11 is 12.0. The molecule has 0 aliphatic rings. The third-order valence-electron chi connectivity index (χ3n) is 3.39. The Morgan fingerprint density at radius 3 is 2.36 bits per heavy atom. The van der Waals surface area contributed by atoms with Crippen molar-refractivity contribution >= 4 is 33.2 Å². The first-order valence-electron chi connectivity index (χ1n) is 6.75. The molecule has 1 N–H and O–H groups in total. The number of sulfonamides is 1. The molecular formula is C16H17Cl2NO2S. The van der Waals surface area contributed by atoms with Gasteiger partial charge in [-0.15, -0.1) is 0 Å². The number of rotatable bonds is 4. The molecule has 0 radical (unpaired) electrons. The van der Waals surface area contributed by atoms with Gasteiger partial charge in [0.1, 0.15) is 0 Å². The first-order valence-corrected chi connectivity index (χ1v) is 8.99. The van der Waals surface area contributed by atoms with E-state index >= 15 is 0 Å². The standard InChI is InChI=1S/C16H17Cl2NO2S/c1-10-4-5-11(2)16(8-10)22(20,21)19-12(3)14-7-6-13(17)9-15(14)18/h4-9,12,19H,1-3H3/t12-/m0/s1. The van der Waals surface area contributed by atoms with Crippen molar-refractivity contribution in [3.8, 4) is 0 Å². The molecular weight excluding hydrogens is 341 g/mol. The molecule has 0 saturated heterocycles. The van der Waals surface area contributed by atoms with Crippen molar-refractivity contribution in [1.82, 2.24) is 4.72 Å². The van der Waals surface area contributed by atoms with E-state index in [9.17, 15) is 8.42 Å². The molecule has 2 rings (SSSR count). The second-order valence-corrected chi connectivity index (χ2v) is 7.80. The Hall–Kier alpha value is -1.07. The summed E-state index contributed by atoms with van der Waals surface area (Å²) in [6, 6.07) is 9.88. The first kappa shape index (κ1) is 17.3. The summed E-state index contributed by atoms with van der Waals surface area (Å²) in [6.07, 6.45) is 0. The highest BCUT2D eigenvalue weighted by Gasteiger charge is 2.21. The van der Waals surface area contributed by atoms with Crippen molar-refractivity contribution in [3.05, 3.63) is 63.1 Å². The van der Waals surface area contributed by atoms with Gasteiger partial charge in [-0.25, -0.2) is 13.1 Å². The van der Waals surface area contributed by atoms with Gasteiger partial charge < -0.3 is 0 Å². The van der Waals surface area contributed by atoms with Crippen molar-refractivity contribution in [1.29, 1.82) is 0 Å². The molecule has 0 aliphatic heterocycles. The van der Waals surface area contributed by atoms with E-state index in [-0.39, 0.29) is 4.90 Å². The van der Waals surface area contributed by atoms with Crippen LogP contribution in [-0.2, 0) is 10.0 Å². The minimum Gasteiger partial charge on any atom is -0.207 e. The summed E-state index contributed by atoms with van der Waals surface area (Å²) in [5.74, 6) is 0. The van der Waals surface area contributed by atoms with Crippen LogP contribution in [-0.4, -0.2) is 8.42 Å². The highest BCUT2D eigenvalue weighted by molar-refractivity contribution is 7.89. The SMILES string of the molecule is Cc1ccc(C)c(S(=O)(=O)N[C@@H](C)c2ccc(Cl)cc2Cl)c1. The molecule has 0 amide bonds. The van der Waals surface area contributed by atoms with Crippen molar-refractivity contribution in [3.63, 3.8) is 0 Å². The summed E-state index contributed by atoms with van der Waals surface area (Å²) in [5.41, 5.74) is 2.27. The normalized spacial score (nSPS) is 13.1. The molecule has 22 heavy (non-hydrogen) atoms. The predicted molar refractivity (Wildman–Crippen MR) is 91.1 cm³/mol. The molecule has 0 heterocycles. The summed E-state index contributed by atoms with van der Waals surface area (Å²) in [6.45, 7) is 5.38. The summed E-state index contributed by atoms with van der Waals surface area (Å²) in [7, 11) is -3.63. The zero-order valence-corrected chi connectivity index (χ0v) is 14.9. The third kappa shape index (κ3) is 3.82. The number of aryl methyl sites for hydroxylation is 2. The Kier molecular flexibility index (Phi) is 5.17. The van der Waals surface area contributed by atoms with Gasteiger partial charge in [-0.2, -0.15) is 0 Å². The lowest BCUT2D eigenvalue weighted by molar-refractivity contribution is 0.566. The van der Waals surface area contributed by atoms with Crippen molar-refractivity contribution < 1.29 is 8.42 Å². The topological polar surface area (TPSA) is 46.2 Å². The number of hydrogen-bond acceptors (Lipinski definition) is 2. The molecule has 0 saturated carbocycles. The van der Waals surface area contributed by atoms with Crippen LogP contribution in [0.25, 0.3) is 0 Å². The Morgan fingerprint density at radius 1 is 1.05 bits per heavy atom. The zero-order valence-electron chi connectivity index (χ0n) is 12.5.